The summed E-state index contributed by atoms with van der Waals surface area (Å²) in [6.07, 6.45) is 1.61. The quantitative estimate of drug-likeness (QED) is 0.801. The molecule has 0 radical (unpaired) electrons. The SMILES string of the molecule is C=CCNC(=O)c1cc(C)nc(Nc2ccccc2OC)n1. The lowest BCUT2D eigenvalue weighted by Gasteiger charge is -2.11. The molecule has 0 saturated carbocycles. The average Bonchev–Trinajstić information content (AvgIpc) is 2.52. The van der Waals surface area contributed by atoms with E-state index in [0.717, 1.165) is 5.69 Å². The van der Waals surface area contributed by atoms with Crippen LogP contribution >= 0.6 is 0 Å². The molecule has 0 bridgehead atoms. The highest BCUT2D eigenvalue weighted by atomic mass is 16.5. The number of para-hydroxylation sites is 2. The minimum Gasteiger partial charge on any atom is -0.495 e. The molecular formula is C16H18N4O2. The molecule has 1 aromatic heterocycles. The van der Waals surface area contributed by atoms with Crippen molar-refractivity contribution in [2.75, 3.05) is 19.0 Å². The van der Waals surface area contributed by atoms with Crippen molar-refractivity contribution in [3.8, 4) is 5.75 Å². The highest BCUT2D eigenvalue weighted by molar-refractivity contribution is 5.92. The Morgan fingerprint density at radius 1 is 1.36 bits per heavy atom. The van der Waals surface area contributed by atoms with Crippen LogP contribution < -0.4 is 15.4 Å². The van der Waals surface area contributed by atoms with Crippen molar-refractivity contribution in [2.24, 2.45) is 0 Å². The topological polar surface area (TPSA) is 76.1 Å². The second kappa shape index (κ2) is 7.21. The van der Waals surface area contributed by atoms with Crippen LogP contribution in [0.4, 0.5) is 11.6 Å². The molecule has 0 aliphatic rings. The van der Waals surface area contributed by atoms with Crippen molar-refractivity contribution < 1.29 is 9.53 Å². The Morgan fingerprint density at radius 2 is 2.14 bits per heavy atom. The van der Waals surface area contributed by atoms with E-state index in [2.05, 4.69) is 27.2 Å². The normalized spacial score (nSPS) is 9.91. The van der Waals surface area contributed by atoms with E-state index in [9.17, 15) is 4.79 Å². The first kappa shape index (κ1) is 15.5. The number of hydrogen-bond acceptors (Lipinski definition) is 5. The molecule has 2 N–H and O–H groups in total. The largest absolute Gasteiger partial charge is 0.495 e. The van der Waals surface area contributed by atoms with Crippen LogP contribution in [-0.4, -0.2) is 29.5 Å². The zero-order chi connectivity index (χ0) is 15.9. The van der Waals surface area contributed by atoms with Crippen LogP contribution in [0.5, 0.6) is 5.75 Å². The van der Waals surface area contributed by atoms with Crippen LogP contribution in [0.1, 0.15) is 16.2 Å². The van der Waals surface area contributed by atoms with Gasteiger partial charge in [0, 0.05) is 12.2 Å². The van der Waals surface area contributed by atoms with E-state index < -0.39 is 0 Å². The van der Waals surface area contributed by atoms with Crippen molar-refractivity contribution in [1.29, 1.82) is 0 Å². The summed E-state index contributed by atoms with van der Waals surface area (Å²) in [5.74, 6) is 0.743. The molecule has 0 aliphatic heterocycles. The lowest BCUT2D eigenvalue weighted by atomic mass is 10.3. The van der Waals surface area contributed by atoms with Crippen molar-refractivity contribution in [1.82, 2.24) is 15.3 Å². The summed E-state index contributed by atoms with van der Waals surface area (Å²) >= 11 is 0. The molecule has 0 unspecified atom stereocenters. The molecule has 114 valence electrons. The Balaban J connectivity index is 2.26. The minimum atomic E-state index is -0.270. The van der Waals surface area contributed by atoms with Gasteiger partial charge in [-0.15, -0.1) is 6.58 Å². The Bertz CT molecular complexity index is 686. The Morgan fingerprint density at radius 3 is 2.86 bits per heavy atom. The first-order valence-electron chi connectivity index (χ1n) is 6.79. The summed E-state index contributed by atoms with van der Waals surface area (Å²) in [6.45, 7) is 5.75. The summed E-state index contributed by atoms with van der Waals surface area (Å²) in [6, 6.07) is 9.05. The highest BCUT2D eigenvalue weighted by Crippen LogP contribution is 2.25. The number of methoxy groups -OCH3 is 1. The van der Waals surface area contributed by atoms with E-state index in [1.54, 1.807) is 26.2 Å². The number of aromatic nitrogens is 2. The van der Waals surface area contributed by atoms with Gasteiger partial charge >= 0.3 is 0 Å². The van der Waals surface area contributed by atoms with E-state index in [1.165, 1.54) is 0 Å². The standard InChI is InChI=1S/C16H18N4O2/c1-4-9-17-15(21)13-10-11(2)18-16(20-13)19-12-7-5-6-8-14(12)22-3/h4-8,10H,1,9H2,2-3H3,(H,17,21)(H,18,19,20). The van der Waals surface area contributed by atoms with Crippen molar-refractivity contribution in [3.05, 3.63) is 54.4 Å². The van der Waals surface area contributed by atoms with Crippen LogP contribution in [-0.2, 0) is 0 Å². The Kier molecular flexibility index (Phi) is 5.08. The molecule has 1 amide bonds. The maximum atomic E-state index is 12.0. The fraction of sp³-hybridized carbons (Fsp3) is 0.188. The molecule has 6 heteroatoms. The molecule has 6 nitrogen and oxygen atoms in total. The molecule has 22 heavy (non-hydrogen) atoms. The predicted molar refractivity (Wildman–Crippen MR) is 85.6 cm³/mol. The average molecular weight is 298 g/mol. The van der Waals surface area contributed by atoms with Gasteiger partial charge in [-0.3, -0.25) is 4.79 Å². The van der Waals surface area contributed by atoms with Gasteiger partial charge in [-0.05, 0) is 25.1 Å². The number of nitrogens with one attached hydrogen (secondary N) is 2. The number of carbonyl (C=O) groups is 1. The molecule has 2 rings (SSSR count). The molecule has 0 aliphatic carbocycles. The van der Waals surface area contributed by atoms with Crippen molar-refractivity contribution in [2.45, 2.75) is 6.92 Å². The number of benzene rings is 1. The zero-order valence-electron chi connectivity index (χ0n) is 12.6. The number of aryl methyl sites for hydroxylation is 1. The second-order valence-electron chi connectivity index (χ2n) is 4.54. The van der Waals surface area contributed by atoms with Gasteiger partial charge in [-0.25, -0.2) is 9.97 Å². The summed E-state index contributed by atoms with van der Waals surface area (Å²) in [4.78, 5) is 20.5. The number of amides is 1. The van der Waals surface area contributed by atoms with Gasteiger partial charge in [-0.2, -0.15) is 0 Å². The van der Waals surface area contributed by atoms with E-state index in [-0.39, 0.29) is 5.91 Å². The lowest BCUT2D eigenvalue weighted by Crippen LogP contribution is -2.24. The van der Waals surface area contributed by atoms with Gasteiger partial charge in [0.05, 0.1) is 12.8 Å². The summed E-state index contributed by atoms with van der Waals surface area (Å²) in [5.41, 5.74) is 1.72. The first-order chi connectivity index (χ1) is 10.6. The van der Waals surface area contributed by atoms with Crippen LogP contribution in [0.25, 0.3) is 0 Å². The molecular weight excluding hydrogens is 280 g/mol. The summed E-state index contributed by atoms with van der Waals surface area (Å²) in [5, 5.41) is 5.76. The van der Waals surface area contributed by atoms with E-state index in [0.29, 0.717) is 29.6 Å². The third-order valence-electron chi connectivity index (χ3n) is 2.85. The fourth-order valence-electron chi connectivity index (χ4n) is 1.86. The van der Waals surface area contributed by atoms with Crippen molar-refractivity contribution >= 4 is 17.5 Å². The number of anilines is 2. The monoisotopic (exact) mass is 298 g/mol. The van der Waals surface area contributed by atoms with Gasteiger partial charge in [0.1, 0.15) is 11.4 Å². The highest BCUT2D eigenvalue weighted by Gasteiger charge is 2.11. The van der Waals surface area contributed by atoms with Crippen LogP contribution in [0.3, 0.4) is 0 Å². The van der Waals surface area contributed by atoms with Crippen LogP contribution in [0, 0.1) is 6.92 Å². The fourth-order valence-corrected chi connectivity index (χ4v) is 1.86. The molecule has 2 aromatic rings. The molecule has 0 saturated heterocycles. The Hall–Kier alpha value is -2.89. The maximum absolute atomic E-state index is 12.0. The second-order valence-corrected chi connectivity index (χ2v) is 4.54. The van der Waals surface area contributed by atoms with E-state index >= 15 is 0 Å². The zero-order valence-corrected chi connectivity index (χ0v) is 12.6. The van der Waals surface area contributed by atoms with Gasteiger partial charge in [0.2, 0.25) is 5.95 Å². The molecule has 0 atom stereocenters. The number of carbonyl (C=O) groups excluding carboxylic acids is 1. The maximum Gasteiger partial charge on any atom is 0.270 e. The van der Waals surface area contributed by atoms with E-state index in [1.807, 2.05) is 24.3 Å². The van der Waals surface area contributed by atoms with Crippen molar-refractivity contribution in [3.63, 3.8) is 0 Å². The summed E-state index contributed by atoms with van der Waals surface area (Å²) in [7, 11) is 1.59. The molecule has 1 heterocycles. The van der Waals surface area contributed by atoms with E-state index in [4.69, 9.17) is 4.74 Å². The molecule has 0 spiro atoms. The number of nitrogens with zero attached hydrogens (tertiary/aromatic N) is 2. The van der Waals surface area contributed by atoms with Gasteiger partial charge in [0.25, 0.3) is 5.91 Å². The van der Waals surface area contributed by atoms with Gasteiger partial charge in [0.15, 0.2) is 0 Å². The van der Waals surface area contributed by atoms with Gasteiger partial charge < -0.3 is 15.4 Å². The predicted octanol–water partition coefficient (Wildman–Crippen LogP) is 2.45. The van der Waals surface area contributed by atoms with Crippen LogP contribution in [0.15, 0.2) is 43.0 Å². The Labute approximate surface area is 129 Å². The first-order valence-corrected chi connectivity index (χ1v) is 6.79. The molecule has 0 fully saturated rings. The summed E-state index contributed by atoms with van der Waals surface area (Å²) < 4.78 is 5.27. The number of ether oxygens (including phenoxy) is 1. The van der Waals surface area contributed by atoms with Crippen LogP contribution in [0.2, 0.25) is 0 Å². The minimum absolute atomic E-state index is 0.270. The van der Waals surface area contributed by atoms with Gasteiger partial charge in [-0.1, -0.05) is 18.2 Å². The lowest BCUT2D eigenvalue weighted by molar-refractivity contribution is 0.0953. The third kappa shape index (κ3) is 3.82. The smallest absolute Gasteiger partial charge is 0.270 e. The number of hydrogen-bond donors (Lipinski definition) is 2. The molecule has 1 aromatic carbocycles. The number of rotatable bonds is 6. The third-order valence-corrected chi connectivity index (χ3v) is 2.85.